The number of rotatable bonds is 26. The summed E-state index contributed by atoms with van der Waals surface area (Å²) >= 11 is 0. The van der Waals surface area contributed by atoms with Crippen molar-refractivity contribution >= 4 is 35.4 Å². The number of ether oxygens (including phenoxy) is 2. The van der Waals surface area contributed by atoms with Crippen LogP contribution in [-0.4, -0.2) is 108 Å². The molecule has 56 heavy (non-hydrogen) atoms. The zero-order valence-electron chi connectivity index (χ0n) is 30.8. The van der Waals surface area contributed by atoms with Crippen molar-refractivity contribution in [3.05, 3.63) is 0 Å². The van der Waals surface area contributed by atoms with Crippen molar-refractivity contribution in [3.63, 3.8) is 0 Å². The number of carbonyl (C=O) groups is 2. The van der Waals surface area contributed by atoms with Crippen LogP contribution >= 0.6 is 23.5 Å². The third kappa shape index (κ3) is 23.6. The smallest absolute Gasteiger partial charge is 0.456 e. The Kier molecular flexibility index (Phi) is 24.9. The van der Waals surface area contributed by atoms with E-state index in [0.29, 0.717) is 6.42 Å². The molecule has 1 saturated carbocycles. The number of terminal acetylenes is 1. The highest BCUT2D eigenvalue weighted by Gasteiger charge is 2.56. The standard InChI is InChI=1S/C34H51O19P3/c1-3-5-7-9-11-12-13-14-15-16-17-19-21-23-28(36)50-26(24-48-27(35)22-20-18-10-8-6-4-2)25-49-56(46,47)53-32-29(37)30(38)33(51-54(40,41)42)34(31(32)39)52-55(43,44)45/h2,26,29-34,37-39H,3,5,7,9,11-17,19,21,23-25H2,1H3,(H,46,47)(H2,40,41,42)(H2,43,44,45)/t26-,29-,30+,31?,32?,33?,34-/m1/s1. The zero-order valence-corrected chi connectivity index (χ0v) is 33.5. The van der Waals surface area contributed by atoms with E-state index in [1.807, 2.05) is 11.8 Å². The molecular formula is C34H51O19P3. The van der Waals surface area contributed by atoms with Gasteiger partial charge in [-0.05, 0) is 41.9 Å². The van der Waals surface area contributed by atoms with Crippen LogP contribution in [0.4, 0.5) is 0 Å². The number of esters is 2. The lowest BCUT2D eigenvalue weighted by Gasteiger charge is -2.44. The zero-order chi connectivity index (χ0) is 42.2. The van der Waals surface area contributed by atoms with Gasteiger partial charge in [0, 0.05) is 12.3 Å². The number of aliphatic hydroxyl groups excluding tert-OH is 3. The number of aliphatic hydroxyl groups is 3. The minimum atomic E-state index is -5.62. The fourth-order valence-corrected chi connectivity index (χ4v) is 7.38. The normalized spacial score (nSPS) is 22.4. The van der Waals surface area contributed by atoms with Crippen LogP contribution in [0.2, 0.25) is 0 Å². The molecule has 0 bridgehead atoms. The maximum atomic E-state index is 12.9. The number of hydrogen-bond donors (Lipinski definition) is 8. The van der Waals surface area contributed by atoms with Crippen molar-refractivity contribution in [1.82, 2.24) is 0 Å². The number of unbranched alkanes of at least 4 members (excludes halogenated alkanes) is 12. The monoisotopic (exact) mass is 856 g/mol. The number of carbonyl (C=O) groups excluding carboxylic acids is 2. The summed E-state index contributed by atoms with van der Waals surface area (Å²) in [5, 5.41) is 31.5. The van der Waals surface area contributed by atoms with Gasteiger partial charge < -0.3 is 49.3 Å². The van der Waals surface area contributed by atoms with Crippen LogP contribution in [0, 0.1) is 47.9 Å². The third-order valence-electron chi connectivity index (χ3n) is 7.89. The van der Waals surface area contributed by atoms with Gasteiger partial charge in [0.25, 0.3) is 0 Å². The van der Waals surface area contributed by atoms with Crippen LogP contribution in [0.5, 0.6) is 0 Å². The molecule has 19 nitrogen and oxygen atoms in total. The summed E-state index contributed by atoms with van der Waals surface area (Å²) in [7, 11) is -16.7. The second-order valence-corrected chi connectivity index (χ2v) is 16.3. The largest absolute Gasteiger partial charge is 0.472 e. The fourth-order valence-electron chi connectivity index (χ4n) is 5.28. The van der Waals surface area contributed by atoms with E-state index >= 15 is 0 Å². The summed E-state index contributed by atoms with van der Waals surface area (Å²) in [6.45, 7) is 0.396. The van der Waals surface area contributed by atoms with Gasteiger partial charge in [0.05, 0.1) is 6.61 Å². The van der Waals surface area contributed by atoms with Crippen LogP contribution in [0.3, 0.4) is 0 Å². The molecule has 8 atom stereocenters. The quantitative estimate of drug-likeness (QED) is 0.0203. The lowest BCUT2D eigenvalue weighted by Crippen LogP contribution is -2.65. The van der Waals surface area contributed by atoms with Gasteiger partial charge in [0.1, 0.15) is 43.2 Å². The first kappa shape index (κ1) is 51.4. The molecule has 1 rings (SSSR count). The van der Waals surface area contributed by atoms with Gasteiger partial charge in [-0.2, -0.15) is 0 Å². The van der Waals surface area contributed by atoms with Crippen LogP contribution in [0.25, 0.3) is 0 Å². The molecule has 0 aliphatic heterocycles. The van der Waals surface area contributed by atoms with E-state index in [1.54, 1.807) is 0 Å². The molecule has 4 unspecified atom stereocenters. The lowest BCUT2D eigenvalue weighted by molar-refractivity contribution is -0.213. The first-order valence-electron chi connectivity index (χ1n) is 17.8. The van der Waals surface area contributed by atoms with Crippen molar-refractivity contribution in [3.8, 4) is 47.9 Å². The highest BCUT2D eigenvalue weighted by atomic mass is 31.2. The fraction of sp³-hybridized carbons (Fsp3) is 0.706. The minimum Gasteiger partial charge on any atom is -0.456 e. The van der Waals surface area contributed by atoms with Crippen molar-refractivity contribution in [2.45, 2.75) is 140 Å². The Morgan fingerprint density at radius 1 is 0.625 bits per heavy atom. The van der Waals surface area contributed by atoms with E-state index < -0.39 is 91.3 Å². The Labute approximate surface area is 326 Å². The second kappa shape index (κ2) is 27.1. The Hall–Kier alpha value is -2.61. The summed E-state index contributed by atoms with van der Waals surface area (Å²) in [5.41, 5.74) is 0. The highest BCUT2D eigenvalue weighted by molar-refractivity contribution is 7.47. The SMILES string of the molecule is C#CC#CC#CC#CC(=O)OC[C@H](COP(=O)(O)OC1C(O)[C@@H](OP(=O)(O)O)C(OP(=O)(O)O)[C@@H](O)[C@H]1O)OC(=O)CCCCCCCCCCCCCCC. The minimum absolute atomic E-state index is 0.0687. The van der Waals surface area contributed by atoms with Gasteiger partial charge in [-0.1, -0.05) is 84.0 Å². The number of phosphoric ester groups is 3. The Morgan fingerprint density at radius 2 is 1.09 bits per heavy atom. The number of hydrogen-bond acceptors (Lipinski definition) is 14. The predicted molar refractivity (Wildman–Crippen MR) is 196 cm³/mol. The first-order chi connectivity index (χ1) is 26.3. The van der Waals surface area contributed by atoms with E-state index in [0.717, 1.165) is 32.1 Å². The van der Waals surface area contributed by atoms with Crippen molar-refractivity contribution in [1.29, 1.82) is 0 Å². The molecule has 0 amide bonds. The topological polar surface area (TPSA) is 303 Å². The molecule has 22 heteroatoms. The van der Waals surface area contributed by atoms with Gasteiger partial charge >= 0.3 is 35.4 Å². The third-order valence-corrected chi connectivity index (χ3v) is 9.91. The molecule has 1 aliphatic carbocycles. The molecule has 0 radical (unpaired) electrons. The van der Waals surface area contributed by atoms with Crippen LogP contribution in [0.1, 0.15) is 96.8 Å². The van der Waals surface area contributed by atoms with Crippen LogP contribution in [-0.2, 0) is 50.9 Å². The second-order valence-electron chi connectivity index (χ2n) is 12.5. The van der Waals surface area contributed by atoms with E-state index in [4.69, 9.17) is 34.7 Å². The molecule has 0 aromatic heterocycles. The Morgan fingerprint density at radius 3 is 1.61 bits per heavy atom. The highest BCUT2D eigenvalue weighted by Crippen LogP contribution is 2.51. The molecule has 0 heterocycles. The van der Waals surface area contributed by atoms with E-state index in [1.165, 1.54) is 44.9 Å². The molecule has 0 saturated heterocycles. The van der Waals surface area contributed by atoms with E-state index in [2.05, 4.69) is 45.6 Å². The average molecular weight is 857 g/mol. The van der Waals surface area contributed by atoms with E-state index in [-0.39, 0.29) is 6.42 Å². The van der Waals surface area contributed by atoms with Crippen molar-refractivity contribution in [2.75, 3.05) is 13.2 Å². The van der Waals surface area contributed by atoms with Crippen molar-refractivity contribution in [2.24, 2.45) is 0 Å². The lowest BCUT2D eigenvalue weighted by atomic mass is 9.85. The van der Waals surface area contributed by atoms with Crippen molar-refractivity contribution < 1.29 is 90.6 Å². The molecule has 0 spiro atoms. The first-order valence-corrected chi connectivity index (χ1v) is 22.4. The Bertz CT molecular complexity index is 1600. The Balaban J connectivity index is 2.89. The predicted octanol–water partition coefficient (Wildman–Crippen LogP) is 2.12. The van der Waals surface area contributed by atoms with Crippen LogP contribution in [0.15, 0.2) is 0 Å². The summed E-state index contributed by atoms with van der Waals surface area (Å²) in [6, 6.07) is 0. The van der Waals surface area contributed by atoms with Gasteiger partial charge in [0.15, 0.2) is 6.10 Å². The molecule has 0 aromatic rings. The molecule has 316 valence electrons. The summed E-state index contributed by atoms with van der Waals surface area (Å²) in [4.78, 5) is 71.9. The maximum absolute atomic E-state index is 12.9. The summed E-state index contributed by atoms with van der Waals surface area (Å²) in [6.07, 6.45) is 2.10. The molecule has 0 aromatic carbocycles. The summed E-state index contributed by atoms with van der Waals surface area (Å²) in [5.74, 6) is 13.2. The average Bonchev–Trinajstić information content (AvgIpc) is 3.11. The van der Waals surface area contributed by atoms with Gasteiger partial charge in [-0.15, -0.1) is 6.42 Å². The van der Waals surface area contributed by atoms with E-state index in [9.17, 15) is 53.3 Å². The van der Waals surface area contributed by atoms with Gasteiger partial charge in [-0.3, -0.25) is 22.9 Å². The maximum Gasteiger partial charge on any atom is 0.472 e. The molecule has 1 aliphatic rings. The molecule has 1 fully saturated rings. The molecular weight excluding hydrogens is 805 g/mol. The van der Waals surface area contributed by atoms with Crippen LogP contribution < -0.4 is 0 Å². The van der Waals surface area contributed by atoms with Gasteiger partial charge in [-0.25, -0.2) is 18.5 Å². The number of phosphoric acid groups is 3. The van der Waals surface area contributed by atoms with Gasteiger partial charge in [0.2, 0.25) is 0 Å². The molecule has 8 N–H and O–H groups in total. The summed E-state index contributed by atoms with van der Waals surface area (Å²) < 4.78 is 64.2.